The van der Waals surface area contributed by atoms with Gasteiger partial charge in [0.1, 0.15) is 0 Å². The molecule has 0 fully saturated rings. The molecule has 0 unspecified atom stereocenters. The molecule has 17 heavy (non-hydrogen) atoms. The standard InChI is InChI=1S/C13H17NO2.ClH/c15-13(16)6-3-8-14-9-7-11-4-1-2-5-12(11)10-14;/h1-2,4-5H,3,6-10H2,(H,15,16);1H. The molecule has 1 aliphatic rings. The van der Waals surface area contributed by atoms with Crippen LogP contribution in [-0.4, -0.2) is 29.1 Å². The molecule has 1 heterocycles. The van der Waals surface area contributed by atoms with Crippen LogP contribution < -0.4 is 0 Å². The zero-order valence-electron chi connectivity index (χ0n) is 9.76. The molecule has 4 heteroatoms. The fourth-order valence-corrected chi connectivity index (χ4v) is 2.20. The molecule has 0 radical (unpaired) electrons. The first-order chi connectivity index (χ1) is 7.75. The third kappa shape index (κ3) is 4.02. The number of aliphatic carboxylic acids is 1. The van der Waals surface area contributed by atoms with Crippen LogP contribution in [-0.2, 0) is 17.8 Å². The van der Waals surface area contributed by atoms with E-state index in [1.54, 1.807) is 0 Å². The number of carboxylic acids is 1. The number of rotatable bonds is 4. The molecule has 3 nitrogen and oxygen atoms in total. The van der Waals surface area contributed by atoms with Crippen LogP contribution in [0.2, 0.25) is 0 Å². The highest BCUT2D eigenvalue weighted by molar-refractivity contribution is 5.85. The second kappa shape index (κ2) is 6.62. The van der Waals surface area contributed by atoms with Crippen molar-refractivity contribution < 1.29 is 9.90 Å². The first kappa shape index (κ1) is 14.0. The van der Waals surface area contributed by atoms with Gasteiger partial charge in [0.25, 0.3) is 0 Å². The smallest absolute Gasteiger partial charge is 0.303 e. The Morgan fingerprint density at radius 2 is 2.00 bits per heavy atom. The second-order valence-electron chi connectivity index (χ2n) is 4.29. The summed E-state index contributed by atoms with van der Waals surface area (Å²) in [5.74, 6) is -0.697. The third-order valence-corrected chi connectivity index (χ3v) is 3.07. The molecule has 1 aromatic carbocycles. The molecule has 0 spiro atoms. The van der Waals surface area contributed by atoms with Crippen LogP contribution in [0.3, 0.4) is 0 Å². The first-order valence-electron chi connectivity index (χ1n) is 5.76. The summed E-state index contributed by atoms with van der Waals surface area (Å²) >= 11 is 0. The molecular weight excluding hydrogens is 238 g/mol. The number of fused-ring (bicyclic) bond motifs is 1. The molecule has 2 rings (SSSR count). The predicted octanol–water partition coefficient (Wildman–Crippen LogP) is 2.33. The first-order valence-corrected chi connectivity index (χ1v) is 5.76. The van der Waals surface area contributed by atoms with Crippen molar-refractivity contribution in [3.8, 4) is 0 Å². The van der Waals surface area contributed by atoms with E-state index in [2.05, 4.69) is 29.2 Å². The number of carbonyl (C=O) groups is 1. The summed E-state index contributed by atoms with van der Waals surface area (Å²) < 4.78 is 0. The number of nitrogens with zero attached hydrogens (tertiary/aromatic N) is 1. The Morgan fingerprint density at radius 1 is 1.29 bits per heavy atom. The highest BCUT2D eigenvalue weighted by atomic mass is 35.5. The van der Waals surface area contributed by atoms with E-state index in [0.29, 0.717) is 0 Å². The van der Waals surface area contributed by atoms with E-state index in [1.165, 1.54) is 11.1 Å². The number of carboxylic acid groups (broad SMARTS) is 1. The fourth-order valence-electron chi connectivity index (χ4n) is 2.20. The second-order valence-corrected chi connectivity index (χ2v) is 4.29. The van der Waals surface area contributed by atoms with E-state index >= 15 is 0 Å². The number of hydrogen-bond donors (Lipinski definition) is 1. The van der Waals surface area contributed by atoms with Crippen molar-refractivity contribution in [2.24, 2.45) is 0 Å². The third-order valence-electron chi connectivity index (χ3n) is 3.07. The van der Waals surface area contributed by atoms with Crippen molar-refractivity contribution >= 4 is 18.4 Å². The molecule has 0 bridgehead atoms. The topological polar surface area (TPSA) is 40.5 Å². The Balaban J connectivity index is 0.00000144. The lowest BCUT2D eigenvalue weighted by molar-refractivity contribution is -0.137. The van der Waals surface area contributed by atoms with Gasteiger partial charge in [-0.15, -0.1) is 12.4 Å². The summed E-state index contributed by atoms with van der Waals surface area (Å²) in [6.07, 6.45) is 2.11. The highest BCUT2D eigenvalue weighted by Crippen LogP contribution is 2.18. The molecule has 0 aliphatic carbocycles. The summed E-state index contributed by atoms with van der Waals surface area (Å²) in [7, 11) is 0. The van der Waals surface area contributed by atoms with Crippen LogP contribution in [0, 0.1) is 0 Å². The maximum Gasteiger partial charge on any atom is 0.303 e. The Hall–Kier alpha value is -1.06. The van der Waals surface area contributed by atoms with Crippen molar-refractivity contribution in [2.75, 3.05) is 13.1 Å². The molecule has 1 aromatic rings. The minimum atomic E-state index is -0.697. The van der Waals surface area contributed by atoms with E-state index in [1.807, 2.05) is 0 Å². The number of hydrogen-bond acceptors (Lipinski definition) is 2. The summed E-state index contributed by atoms with van der Waals surface area (Å²) in [5, 5.41) is 8.58. The summed E-state index contributed by atoms with van der Waals surface area (Å²) in [6, 6.07) is 8.50. The zero-order valence-corrected chi connectivity index (χ0v) is 10.6. The summed E-state index contributed by atoms with van der Waals surface area (Å²) in [5.41, 5.74) is 2.83. The lowest BCUT2D eigenvalue weighted by Crippen LogP contribution is -2.31. The van der Waals surface area contributed by atoms with Crippen LogP contribution in [0.15, 0.2) is 24.3 Å². The highest BCUT2D eigenvalue weighted by Gasteiger charge is 2.15. The van der Waals surface area contributed by atoms with Crippen LogP contribution in [0.5, 0.6) is 0 Å². The molecule has 0 aromatic heterocycles. The maximum absolute atomic E-state index is 10.4. The largest absolute Gasteiger partial charge is 0.481 e. The van der Waals surface area contributed by atoms with Crippen molar-refractivity contribution in [1.82, 2.24) is 4.90 Å². The van der Waals surface area contributed by atoms with Gasteiger partial charge in [0.2, 0.25) is 0 Å². The Bertz CT molecular complexity index is 381. The minimum Gasteiger partial charge on any atom is -0.481 e. The normalized spacial score (nSPS) is 14.8. The molecule has 94 valence electrons. The van der Waals surface area contributed by atoms with Gasteiger partial charge in [-0.2, -0.15) is 0 Å². The van der Waals surface area contributed by atoms with Crippen LogP contribution in [0.1, 0.15) is 24.0 Å². The van der Waals surface area contributed by atoms with Gasteiger partial charge in [-0.25, -0.2) is 0 Å². The lowest BCUT2D eigenvalue weighted by atomic mass is 10.00. The van der Waals surface area contributed by atoms with Crippen molar-refractivity contribution in [3.05, 3.63) is 35.4 Å². The van der Waals surface area contributed by atoms with Crippen LogP contribution in [0.4, 0.5) is 0 Å². The van der Waals surface area contributed by atoms with E-state index in [-0.39, 0.29) is 18.8 Å². The van der Waals surface area contributed by atoms with Gasteiger partial charge in [0, 0.05) is 19.5 Å². The maximum atomic E-state index is 10.4. The summed E-state index contributed by atoms with van der Waals surface area (Å²) in [6.45, 7) is 2.91. The molecular formula is C13H18ClNO2. The van der Waals surface area contributed by atoms with Gasteiger partial charge in [0.15, 0.2) is 0 Å². The zero-order chi connectivity index (χ0) is 11.4. The van der Waals surface area contributed by atoms with Crippen molar-refractivity contribution in [3.63, 3.8) is 0 Å². The quantitative estimate of drug-likeness (QED) is 0.898. The Morgan fingerprint density at radius 3 is 2.71 bits per heavy atom. The monoisotopic (exact) mass is 255 g/mol. The van der Waals surface area contributed by atoms with Crippen LogP contribution >= 0.6 is 12.4 Å². The Labute approximate surface area is 108 Å². The van der Waals surface area contributed by atoms with Crippen LogP contribution in [0.25, 0.3) is 0 Å². The van der Waals surface area contributed by atoms with E-state index in [4.69, 9.17) is 5.11 Å². The van der Waals surface area contributed by atoms with Gasteiger partial charge in [-0.3, -0.25) is 9.69 Å². The molecule has 0 atom stereocenters. The van der Waals surface area contributed by atoms with Gasteiger partial charge >= 0.3 is 5.97 Å². The molecule has 0 amide bonds. The molecule has 1 aliphatic heterocycles. The molecule has 1 N–H and O–H groups in total. The average molecular weight is 256 g/mol. The predicted molar refractivity (Wildman–Crippen MR) is 69.5 cm³/mol. The summed E-state index contributed by atoms with van der Waals surface area (Å²) in [4.78, 5) is 12.8. The van der Waals surface area contributed by atoms with E-state index in [0.717, 1.165) is 32.5 Å². The van der Waals surface area contributed by atoms with Gasteiger partial charge in [-0.05, 0) is 30.5 Å². The van der Waals surface area contributed by atoms with Crippen molar-refractivity contribution in [2.45, 2.75) is 25.8 Å². The van der Waals surface area contributed by atoms with Gasteiger partial charge in [0.05, 0.1) is 0 Å². The lowest BCUT2D eigenvalue weighted by Gasteiger charge is -2.28. The van der Waals surface area contributed by atoms with Gasteiger partial charge < -0.3 is 5.11 Å². The van der Waals surface area contributed by atoms with E-state index in [9.17, 15) is 4.79 Å². The fraction of sp³-hybridized carbons (Fsp3) is 0.462. The van der Waals surface area contributed by atoms with Gasteiger partial charge in [-0.1, -0.05) is 24.3 Å². The number of benzene rings is 1. The van der Waals surface area contributed by atoms with E-state index < -0.39 is 5.97 Å². The number of halogens is 1. The minimum absolute atomic E-state index is 0. The molecule has 0 saturated heterocycles. The molecule has 0 saturated carbocycles. The van der Waals surface area contributed by atoms with Crippen molar-refractivity contribution in [1.29, 1.82) is 0 Å². The average Bonchev–Trinajstić information content (AvgIpc) is 2.28. The Kier molecular flexibility index (Phi) is 5.45. The SMILES string of the molecule is Cl.O=C(O)CCCN1CCc2ccccc2C1.